The highest BCUT2D eigenvalue weighted by atomic mass is 16.1. The highest BCUT2D eigenvalue weighted by Crippen LogP contribution is 2.13. The average molecular weight is 190 g/mol. The monoisotopic (exact) mass is 190 g/mol. The zero-order valence-electron chi connectivity index (χ0n) is 9.05. The minimum Gasteiger partial charge on any atom is -0.298 e. The van der Waals surface area contributed by atoms with Crippen LogP contribution in [0.15, 0.2) is 18.2 Å². The van der Waals surface area contributed by atoms with Crippen molar-refractivity contribution >= 4 is 6.29 Å². The third-order valence-electron chi connectivity index (χ3n) is 2.39. The zero-order chi connectivity index (χ0) is 10.4. The fourth-order valence-electron chi connectivity index (χ4n) is 1.70. The van der Waals surface area contributed by atoms with Crippen LogP contribution in [0, 0.1) is 0 Å². The maximum atomic E-state index is 10.8. The maximum absolute atomic E-state index is 10.8. The average Bonchev–Trinajstić information content (AvgIpc) is 2.19. The van der Waals surface area contributed by atoms with E-state index in [1.165, 1.54) is 11.1 Å². The molecule has 0 saturated heterocycles. The molecule has 14 heavy (non-hydrogen) atoms. The second-order valence-electron chi connectivity index (χ2n) is 3.65. The summed E-state index contributed by atoms with van der Waals surface area (Å²) >= 11 is 0. The van der Waals surface area contributed by atoms with E-state index in [4.69, 9.17) is 0 Å². The Labute approximate surface area is 86.1 Å². The lowest BCUT2D eigenvalue weighted by Crippen LogP contribution is -1.95. The zero-order valence-corrected chi connectivity index (χ0v) is 9.05. The van der Waals surface area contributed by atoms with Crippen LogP contribution in [0.5, 0.6) is 0 Å². The van der Waals surface area contributed by atoms with E-state index in [-0.39, 0.29) is 0 Å². The molecule has 1 rings (SSSR count). The summed E-state index contributed by atoms with van der Waals surface area (Å²) in [5.74, 6) is 0. The fraction of sp³-hybridized carbons (Fsp3) is 0.462. The smallest absolute Gasteiger partial charge is 0.150 e. The van der Waals surface area contributed by atoms with Gasteiger partial charge in [-0.1, -0.05) is 44.9 Å². The van der Waals surface area contributed by atoms with Crippen molar-refractivity contribution in [2.75, 3.05) is 0 Å². The predicted octanol–water partition coefficient (Wildman–Crippen LogP) is 3.40. The lowest BCUT2D eigenvalue weighted by molar-refractivity contribution is 0.112. The number of hydrogen-bond acceptors (Lipinski definition) is 1. The molecule has 0 fully saturated rings. The van der Waals surface area contributed by atoms with Crippen molar-refractivity contribution in [1.29, 1.82) is 0 Å². The Morgan fingerprint density at radius 3 is 2.43 bits per heavy atom. The Morgan fingerprint density at radius 1 is 1.14 bits per heavy atom. The second-order valence-corrected chi connectivity index (χ2v) is 3.65. The molecule has 0 aliphatic rings. The first-order chi connectivity index (χ1) is 6.81. The summed E-state index contributed by atoms with van der Waals surface area (Å²) in [5, 5.41) is 0. The number of hydrogen-bond donors (Lipinski definition) is 0. The maximum Gasteiger partial charge on any atom is 0.150 e. The standard InChI is InChI=1S/C13H18O/c1-3-5-11-7-8-13(10-14)12(9-11)6-4-2/h7-10H,3-6H2,1-2H3. The lowest BCUT2D eigenvalue weighted by Gasteiger charge is -2.06. The molecule has 0 N–H and O–H groups in total. The van der Waals surface area contributed by atoms with Gasteiger partial charge in [0.1, 0.15) is 6.29 Å². The van der Waals surface area contributed by atoms with Gasteiger partial charge in [-0.15, -0.1) is 0 Å². The minimum atomic E-state index is 0.853. The quantitative estimate of drug-likeness (QED) is 0.650. The number of carbonyl (C=O) groups is 1. The normalized spacial score (nSPS) is 10.1. The molecule has 1 heteroatoms. The van der Waals surface area contributed by atoms with Gasteiger partial charge in [0.15, 0.2) is 0 Å². The summed E-state index contributed by atoms with van der Waals surface area (Å²) in [6.07, 6.45) is 5.32. The largest absolute Gasteiger partial charge is 0.298 e. The molecule has 1 aromatic carbocycles. The molecule has 0 aliphatic heterocycles. The molecular weight excluding hydrogens is 172 g/mol. The van der Waals surface area contributed by atoms with Gasteiger partial charge in [0.2, 0.25) is 0 Å². The Balaban J connectivity index is 2.94. The molecule has 0 aromatic heterocycles. The Bertz CT molecular complexity index is 302. The molecule has 1 nitrogen and oxygen atoms in total. The van der Waals surface area contributed by atoms with E-state index < -0.39 is 0 Å². The van der Waals surface area contributed by atoms with Gasteiger partial charge in [-0.3, -0.25) is 4.79 Å². The Kier molecular flexibility index (Phi) is 4.37. The molecule has 0 aliphatic carbocycles. The second kappa shape index (κ2) is 5.58. The third kappa shape index (κ3) is 2.69. The first kappa shape index (κ1) is 11.0. The topological polar surface area (TPSA) is 17.1 Å². The summed E-state index contributed by atoms with van der Waals surface area (Å²) < 4.78 is 0. The van der Waals surface area contributed by atoms with Crippen LogP contribution in [0.2, 0.25) is 0 Å². The van der Waals surface area contributed by atoms with Crippen LogP contribution in [0.1, 0.15) is 48.2 Å². The van der Waals surface area contributed by atoms with Crippen molar-refractivity contribution in [2.24, 2.45) is 0 Å². The minimum absolute atomic E-state index is 0.853. The van der Waals surface area contributed by atoms with Gasteiger partial charge in [0.25, 0.3) is 0 Å². The van der Waals surface area contributed by atoms with Crippen LogP contribution >= 0.6 is 0 Å². The molecule has 0 amide bonds. The van der Waals surface area contributed by atoms with Crippen LogP contribution < -0.4 is 0 Å². The number of aryl methyl sites for hydroxylation is 2. The molecule has 76 valence electrons. The SMILES string of the molecule is CCCc1ccc(C=O)c(CCC)c1. The summed E-state index contributed by atoms with van der Waals surface area (Å²) in [7, 11) is 0. The highest BCUT2D eigenvalue weighted by molar-refractivity contribution is 5.77. The van der Waals surface area contributed by atoms with Gasteiger partial charge in [0, 0.05) is 5.56 Å². The van der Waals surface area contributed by atoms with E-state index in [2.05, 4.69) is 26.0 Å². The van der Waals surface area contributed by atoms with E-state index in [0.717, 1.165) is 37.5 Å². The summed E-state index contributed by atoms with van der Waals surface area (Å²) in [6, 6.07) is 6.19. The van der Waals surface area contributed by atoms with Crippen LogP contribution in [-0.4, -0.2) is 6.29 Å². The van der Waals surface area contributed by atoms with E-state index >= 15 is 0 Å². The predicted molar refractivity (Wildman–Crippen MR) is 59.8 cm³/mol. The van der Waals surface area contributed by atoms with Crippen LogP contribution in [0.25, 0.3) is 0 Å². The molecule has 1 aromatic rings. The van der Waals surface area contributed by atoms with Crippen molar-refractivity contribution < 1.29 is 4.79 Å². The van der Waals surface area contributed by atoms with Crippen molar-refractivity contribution in [1.82, 2.24) is 0 Å². The Hall–Kier alpha value is -1.11. The number of carbonyl (C=O) groups excluding carboxylic acids is 1. The van der Waals surface area contributed by atoms with Crippen molar-refractivity contribution in [3.8, 4) is 0 Å². The van der Waals surface area contributed by atoms with Crippen molar-refractivity contribution in [2.45, 2.75) is 39.5 Å². The molecule has 0 heterocycles. The number of aldehydes is 1. The van der Waals surface area contributed by atoms with E-state index in [1.807, 2.05) is 6.07 Å². The summed E-state index contributed by atoms with van der Waals surface area (Å²) in [6.45, 7) is 4.31. The van der Waals surface area contributed by atoms with Gasteiger partial charge < -0.3 is 0 Å². The van der Waals surface area contributed by atoms with Crippen molar-refractivity contribution in [3.63, 3.8) is 0 Å². The molecule has 0 unspecified atom stereocenters. The molecular formula is C13H18O. The Morgan fingerprint density at radius 2 is 1.86 bits per heavy atom. The van der Waals surface area contributed by atoms with Crippen LogP contribution in [0.3, 0.4) is 0 Å². The highest BCUT2D eigenvalue weighted by Gasteiger charge is 2.01. The van der Waals surface area contributed by atoms with Gasteiger partial charge >= 0.3 is 0 Å². The first-order valence-electron chi connectivity index (χ1n) is 5.38. The molecule has 0 saturated carbocycles. The summed E-state index contributed by atoms with van der Waals surface area (Å²) in [4.78, 5) is 10.8. The molecule has 0 spiro atoms. The van der Waals surface area contributed by atoms with Gasteiger partial charge in [-0.2, -0.15) is 0 Å². The molecule has 0 radical (unpaired) electrons. The third-order valence-corrected chi connectivity index (χ3v) is 2.39. The first-order valence-corrected chi connectivity index (χ1v) is 5.38. The van der Waals surface area contributed by atoms with Gasteiger partial charge in [-0.05, 0) is 24.0 Å². The fourth-order valence-corrected chi connectivity index (χ4v) is 1.70. The summed E-state index contributed by atoms with van der Waals surface area (Å²) in [5.41, 5.74) is 3.40. The van der Waals surface area contributed by atoms with E-state index in [1.54, 1.807) is 0 Å². The molecule has 0 bridgehead atoms. The number of benzene rings is 1. The van der Waals surface area contributed by atoms with Crippen LogP contribution in [0.4, 0.5) is 0 Å². The van der Waals surface area contributed by atoms with Crippen molar-refractivity contribution in [3.05, 3.63) is 34.9 Å². The lowest BCUT2D eigenvalue weighted by atomic mass is 9.99. The van der Waals surface area contributed by atoms with Gasteiger partial charge in [0.05, 0.1) is 0 Å². The van der Waals surface area contributed by atoms with E-state index in [0.29, 0.717) is 0 Å². The van der Waals surface area contributed by atoms with Gasteiger partial charge in [-0.25, -0.2) is 0 Å². The number of rotatable bonds is 5. The van der Waals surface area contributed by atoms with Crippen LogP contribution in [-0.2, 0) is 12.8 Å². The van der Waals surface area contributed by atoms with E-state index in [9.17, 15) is 4.79 Å². The molecule has 0 atom stereocenters.